The summed E-state index contributed by atoms with van der Waals surface area (Å²) in [5, 5.41) is 12.8. The van der Waals surface area contributed by atoms with Crippen molar-refractivity contribution < 1.29 is 27.9 Å². The molecule has 10 heteroatoms. The van der Waals surface area contributed by atoms with Crippen LogP contribution in [0.2, 0.25) is 0 Å². The second-order valence-corrected chi connectivity index (χ2v) is 8.11. The summed E-state index contributed by atoms with van der Waals surface area (Å²) in [6.07, 6.45) is 4.31. The van der Waals surface area contributed by atoms with E-state index >= 15 is 0 Å². The first-order valence-electron chi connectivity index (χ1n) is 10.4. The molecule has 2 aliphatic rings. The van der Waals surface area contributed by atoms with Crippen molar-refractivity contribution >= 4 is 11.8 Å². The van der Waals surface area contributed by atoms with Crippen LogP contribution in [0.5, 0.6) is 5.75 Å². The lowest BCUT2D eigenvalue weighted by Crippen LogP contribution is -2.48. The molecular formula is C22H22F3N3O4. The SMILES string of the molecule is CCC1CCCC2CN1C(=O)c1c(O)c(=O)c(C(=O)NCc3c(F)cc(F)cc3F)cn12. The molecule has 2 amide bonds. The number of carbonyl (C=O) groups excluding carboxylic acids is 2. The van der Waals surface area contributed by atoms with Gasteiger partial charge in [0.2, 0.25) is 5.43 Å². The van der Waals surface area contributed by atoms with Gasteiger partial charge in [0.1, 0.15) is 23.0 Å². The van der Waals surface area contributed by atoms with Crippen LogP contribution in [0.4, 0.5) is 13.2 Å². The van der Waals surface area contributed by atoms with Crippen LogP contribution in [0.25, 0.3) is 0 Å². The molecule has 0 aliphatic carbocycles. The first-order valence-corrected chi connectivity index (χ1v) is 10.4. The van der Waals surface area contributed by atoms with Crippen molar-refractivity contribution in [2.75, 3.05) is 6.54 Å². The normalized spacial score (nSPS) is 20.0. The molecule has 0 spiro atoms. The third-order valence-corrected chi connectivity index (χ3v) is 6.24. The molecule has 2 atom stereocenters. The first-order chi connectivity index (χ1) is 15.2. The van der Waals surface area contributed by atoms with Gasteiger partial charge in [-0.3, -0.25) is 14.4 Å². The van der Waals surface area contributed by atoms with Crippen LogP contribution in [0.3, 0.4) is 0 Å². The van der Waals surface area contributed by atoms with E-state index in [1.807, 2.05) is 6.92 Å². The van der Waals surface area contributed by atoms with Crippen molar-refractivity contribution in [3.8, 4) is 5.75 Å². The number of nitrogens with one attached hydrogen (secondary N) is 1. The van der Waals surface area contributed by atoms with E-state index in [9.17, 15) is 32.7 Å². The van der Waals surface area contributed by atoms with Crippen LogP contribution in [0.15, 0.2) is 23.1 Å². The van der Waals surface area contributed by atoms with Gasteiger partial charge < -0.3 is 19.9 Å². The van der Waals surface area contributed by atoms with Crippen LogP contribution in [0, 0.1) is 17.5 Å². The Labute approximate surface area is 181 Å². The summed E-state index contributed by atoms with van der Waals surface area (Å²) in [4.78, 5) is 40.0. The summed E-state index contributed by atoms with van der Waals surface area (Å²) >= 11 is 0. The molecule has 3 heterocycles. The molecule has 1 aromatic heterocycles. The molecule has 32 heavy (non-hydrogen) atoms. The average Bonchev–Trinajstić information content (AvgIpc) is 2.93. The van der Waals surface area contributed by atoms with Gasteiger partial charge in [0.15, 0.2) is 11.4 Å². The minimum absolute atomic E-state index is 0.0132. The van der Waals surface area contributed by atoms with Crippen molar-refractivity contribution in [3.63, 3.8) is 0 Å². The number of pyridine rings is 1. The lowest BCUT2D eigenvalue weighted by molar-refractivity contribution is 0.0583. The van der Waals surface area contributed by atoms with Crippen LogP contribution in [0.1, 0.15) is 65.1 Å². The second kappa shape index (κ2) is 8.33. The Morgan fingerprint density at radius 1 is 1.19 bits per heavy atom. The van der Waals surface area contributed by atoms with Crippen LogP contribution in [-0.4, -0.2) is 39.0 Å². The molecule has 1 aromatic carbocycles. The lowest BCUT2D eigenvalue weighted by atomic mass is 10.1. The van der Waals surface area contributed by atoms with E-state index < -0.39 is 58.1 Å². The maximum absolute atomic E-state index is 13.8. The zero-order valence-corrected chi connectivity index (χ0v) is 17.3. The number of aromatic hydroxyl groups is 1. The number of amides is 2. The highest BCUT2D eigenvalue weighted by Gasteiger charge is 2.39. The van der Waals surface area contributed by atoms with E-state index in [2.05, 4.69) is 5.32 Å². The standard InChI is InChI=1S/C22H22F3N3O4/c1-2-12-4-3-5-13-9-28(12)22(32)18-20(30)19(29)15(10-27(13)18)21(31)26-8-14-16(24)6-11(23)7-17(14)25/h6-7,10,12-13,30H,2-5,8-9H2,1H3,(H,26,31). The molecule has 0 saturated carbocycles. The number of halogens is 3. The van der Waals surface area contributed by atoms with Gasteiger partial charge in [0.25, 0.3) is 11.8 Å². The van der Waals surface area contributed by atoms with E-state index in [0.29, 0.717) is 25.1 Å². The number of hydrogen-bond donors (Lipinski definition) is 2. The number of rotatable bonds is 4. The molecule has 1 saturated heterocycles. The van der Waals surface area contributed by atoms with Gasteiger partial charge in [-0.1, -0.05) is 6.92 Å². The van der Waals surface area contributed by atoms with Crippen molar-refractivity contribution in [1.82, 2.24) is 14.8 Å². The third-order valence-electron chi connectivity index (χ3n) is 6.24. The van der Waals surface area contributed by atoms with E-state index in [1.54, 1.807) is 4.90 Å². The summed E-state index contributed by atoms with van der Waals surface area (Å²) in [6, 6.07) is 0.762. The van der Waals surface area contributed by atoms with Crippen molar-refractivity contribution in [3.05, 3.63) is 62.8 Å². The van der Waals surface area contributed by atoms with Crippen molar-refractivity contribution in [1.29, 1.82) is 0 Å². The van der Waals surface area contributed by atoms with Crippen LogP contribution < -0.4 is 10.7 Å². The van der Waals surface area contributed by atoms with E-state index in [0.717, 1.165) is 19.3 Å². The van der Waals surface area contributed by atoms with Gasteiger partial charge in [0, 0.05) is 43.0 Å². The predicted molar refractivity (Wildman–Crippen MR) is 108 cm³/mol. The Kier molecular flexibility index (Phi) is 5.70. The molecule has 2 N–H and O–H groups in total. The minimum atomic E-state index is -1.18. The number of fused-ring (bicyclic) bond motifs is 4. The Balaban J connectivity index is 1.67. The molecule has 7 nitrogen and oxygen atoms in total. The zero-order chi connectivity index (χ0) is 23.2. The highest BCUT2D eigenvalue weighted by Crippen LogP contribution is 2.34. The van der Waals surface area contributed by atoms with Gasteiger partial charge in [0.05, 0.1) is 6.04 Å². The predicted octanol–water partition coefficient (Wildman–Crippen LogP) is 2.86. The highest BCUT2D eigenvalue weighted by molar-refractivity contribution is 5.99. The van der Waals surface area contributed by atoms with E-state index in [4.69, 9.17) is 0 Å². The van der Waals surface area contributed by atoms with Crippen molar-refractivity contribution in [2.45, 2.75) is 51.2 Å². The fraction of sp³-hybridized carbons (Fsp3) is 0.409. The summed E-state index contributed by atoms with van der Waals surface area (Å²) < 4.78 is 42.2. The second-order valence-electron chi connectivity index (χ2n) is 8.11. The van der Waals surface area contributed by atoms with Gasteiger partial charge in [-0.2, -0.15) is 0 Å². The number of carbonyl (C=O) groups is 2. The van der Waals surface area contributed by atoms with Crippen LogP contribution >= 0.6 is 0 Å². The Hall–Kier alpha value is -3.30. The molecule has 4 rings (SSSR count). The Morgan fingerprint density at radius 2 is 1.88 bits per heavy atom. The number of benzene rings is 1. The monoisotopic (exact) mass is 449 g/mol. The summed E-state index contributed by atoms with van der Waals surface area (Å²) in [7, 11) is 0. The quantitative estimate of drug-likeness (QED) is 0.751. The molecule has 2 bridgehead atoms. The smallest absolute Gasteiger partial charge is 0.274 e. The molecule has 2 aliphatic heterocycles. The fourth-order valence-electron chi connectivity index (χ4n) is 4.53. The topological polar surface area (TPSA) is 91.6 Å². The average molecular weight is 449 g/mol. The maximum atomic E-state index is 13.8. The molecule has 0 radical (unpaired) electrons. The zero-order valence-electron chi connectivity index (χ0n) is 17.3. The number of hydrogen-bond acceptors (Lipinski definition) is 4. The molecule has 2 aromatic rings. The minimum Gasteiger partial charge on any atom is -0.503 e. The summed E-state index contributed by atoms with van der Waals surface area (Å²) in [5.74, 6) is -5.72. The highest BCUT2D eigenvalue weighted by atomic mass is 19.1. The largest absolute Gasteiger partial charge is 0.503 e. The van der Waals surface area contributed by atoms with Crippen molar-refractivity contribution in [2.24, 2.45) is 0 Å². The van der Waals surface area contributed by atoms with E-state index in [1.165, 1.54) is 10.8 Å². The lowest BCUT2D eigenvalue weighted by Gasteiger charge is -2.38. The molecule has 170 valence electrons. The maximum Gasteiger partial charge on any atom is 0.274 e. The van der Waals surface area contributed by atoms with Gasteiger partial charge >= 0.3 is 0 Å². The third kappa shape index (κ3) is 3.63. The molecule has 1 fully saturated rings. The van der Waals surface area contributed by atoms with E-state index in [-0.39, 0.29) is 17.8 Å². The van der Waals surface area contributed by atoms with Crippen LogP contribution in [-0.2, 0) is 6.54 Å². The number of aromatic nitrogens is 1. The van der Waals surface area contributed by atoms with Gasteiger partial charge in [-0.05, 0) is 25.7 Å². The summed E-state index contributed by atoms with van der Waals surface area (Å²) in [6.45, 7) is 1.74. The Morgan fingerprint density at radius 3 is 2.53 bits per heavy atom. The Bertz CT molecular complexity index is 1140. The first kappa shape index (κ1) is 21.9. The van der Waals surface area contributed by atoms with Gasteiger partial charge in [-0.15, -0.1) is 0 Å². The fourth-order valence-corrected chi connectivity index (χ4v) is 4.53. The number of nitrogens with zero attached hydrogens (tertiary/aromatic N) is 2. The summed E-state index contributed by atoms with van der Waals surface area (Å²) in [5.41, 5.74) is -2.22. The molecule has 2 unspecified atom stereocenters. The molecular weight excluding hydrogens is 427 g/mol. The van der Waals surface area contributed by atoms with Gasteiger partial charge in [-0.25, -0.2) is 13.2 Å².